The maximum absolute atomic E-state index is 13.6. The van der Waals surface area contributed by atoms with E-state index in [2.05, 4.69) is 0 Å². The van der Waals surface area contributed by atoms with Crippen LogP contribution in [0.15, 0.2) is 0 Å². The summed E-state index contributed by atoms with van der Waals surface area (Å²) in [6.07, 6.45) is 1.71. The second-order valence-corrected chi connectivity index (χ2v) is 5.06. The minimum absolute atomic E-state index is 0.200. The molecule has 0 bridgehead atoms. The number of carboxylic acid groups (broad SMARTS) is 1. The number of hydrogen-bond acceptors (Lipinski definition) is 2. The van der Waals surface area contributed by atoms with Crippen LogP contribution in [0.5, 0.6) is 0 Å². The first-order chi connectivity index (χ1) is 9.81. The quantitative estimate of drug-likeness (QED) is 0.499. The third kappa shape index (κ3) is 3.49. The Labute approximate surface area is 117 Å². The van der Waals surface area contributed by atoms with E-state index in [4.69, 9.17) is 5.11 Å². The van der Waals surface area contributed by atoms with Crippen LogP contribution >= 0.6 is 0 Å². The van der Waals surface area contributed by atoms with Crippen molar-refractivity contribution in [1.82, 2.24) is 4.90 Å². The van der Waals surface area contributed by atoms with E-state index < -0.39 is 53.7 Å². The van der Waals surface area contributed by atoms with Crippen LogP contribution in [0.3, 0.4) is 0 Å². The van der Waals surface area contributed by atoms with E-state index in [1.807, 2.05) is 0 Å². The molecule has 3 nitrogen and oxygen atoms in total. The first kappa shape index (κ1) is 15.7. The molecule has 0 radical (unpaired) electrons. The molecule has 116 valence electrons. The van der Waals surface area contributed by atoms with E-state index >= 15 is 0 Å². The average molecular weight is 309 g/mol. The van der Waals surface area contributed by atoms with Crippen molar-refractivity contribution < 1.29 is 31.9 Å². The fourth-order valence-electron chi connectivity index (χ4n) is 2.05. The zero-order chi connectivity index (χ0) is 15.7. The molecule has 1 aromatic rings. The molecule has 1 aliphatic carbocycles. The molecular formula is C13H12F5NO2. The normalized spacial score (nSPS) is 14.8. The Hall–Kier alpha value is -1.70. The van der Waals surface area contributed by atoms with Gasteiger partial charge in [-0.2, -0.15) is 0 Å². The molecule has 1 saturated carbocycles. The molecule has 0 aliphatic heterocycles. The number of aliphatic carboxylic acids is 1. The highest BCUT2D eigenvalue weighted by Crippen LogP contribution is 2.31. The molecule has 1 N–H and O–H groups in total. The second kappa shape index (κ2) is 5.97. The van der Waals surface area contributed by atoms with Gasteiger partial charge in [-0.05, 0) is 18.8 Å². The van der Waals surface area contributed by atoms with Crippen molar-refractivity contribution in [2.24, 2.45) is 5.92 Å². The van der Waals surface area contributed by atoms with E-state index in [0.717, 1.165) is 17.7 Å². The van der Waals surface area contributed by atoms with Crippen molar-refractivity contribution >= 4 is 5.97 Å². The summed E-state index contributed by atoms with van der Waals surface area (Å²) in [5, 5.41) is 8.75. The van der Waals surface area contributed by atoms with E-state index in [1.54, 1.807) is 0 Å². The summed E-state index contributed by atoms with van der Waals surface area (Å²) in [6.45, 7) is -0.934. The topological polar surface area (TPSA) is 40.5 Å². The second-order valence-electron chi connectivity index (χ2n) is 5.06. The fraction of sp³-hybridized carbons (Fsp3) is 0.462. The van der Waals surface area contributed by atoms with Crippen LogP contribution in [0, 0.1) is 35.0 Å². The molecular weight excluding hydrogens is 297 g/mol. The van der Waals surface area contributed by atoms with E-state index in [0.29, 0.717) is 0 Å². The van der Waals surface area contributed by atoms with Gasteiger partial charge in [0, 0.05) is 18.7 Å². The summed E-state index contributed by atoms with van der Waals surface area (Å²) in [4.78, 5) is 11.9. The van der Waals surface area contributed by atoms with Crippen molar-refractivity contribution in [1.29, 1.82) is 0 Å². The van der Waals surface area contributed by atoms with E-state index in [1.165, 1.54) is 0 Å². The lowest BCUT2D eigenvalue weighted by Crippen LogP contribution is -2.32. The zero-order valence-corrected chi connectivity index (χ0v) is 10.8. The lowest BCUT2D eigenvalue weighted by molar-refractivity contribution is -0.138. The first-order valence-electron chi connectivity index (χ1n) is 6.25. The van der Waals surface area contributed by atoms with Gasteiger partial charge < -0.3 is 5.11 Å². The van der Waals surface area contributed by atoms with Gasteiger partial charge in [-0.1, -0.05) is 0 Å². The van der Waals surface area contributed by atoms with Crippen LogP contribution in [0.25, 0.3) is 0 Å². The number of benzene rings is 1. The number of carboxylic acids is 1. The van der Waals surface area contributed by atoms with Gasteiger partial charge in [0.1, 0.15) is 0 Å². The van der Waals surface area contributed by atoms with Crippen molar-refractivity contribution in [2.75, 3.05) is 13.1 Å². The maximum Gasteiger partial charge on any atom is 0.317 e. The van der Waals surface area contributed by atoms with Gasteiger partial charge in [0.05, 0.1) is 6.54 Å². The minimum Gasteiger partial charge on any atom is -0.480 e. The highest BCUT2D eigenvalue weighted by Gasteiger charge is 2.30. The highest BCUT2D eigenvalue weighted by molar-refractivity contribution is 5.69. The minimum atomic E-state index is -2.22. The molecule has 0 heterocycles. The van der Waals surface area contributed by atoms with E-state index in [-0.39, 0.29) is 12.5 Å². The van der Waals surface area contributed by atoms with Gasteiger partial charge in [-0.3, -0.25) is 9.69 Å². The summed E-state index contributed by atoms with van der Waals surface area (Å²) in [6, 6.07) is 0. The molecule has 0 spiro atoms. The van der Waals surface area contributed by atoms with Crippen molar-refractivity contribution in [2.45, 2.75) is 19.4 Å². The van der Waals surface area contributed by atoms with Crippen molar-refractivity contribution in [3.63, 3.8) is 0 Å². The molecule has 1 aromatic carbocycles. The predicted octanol–water partition coefficient (Wildman–Crippen LogP) is 2.68. The van der Waals surface area contributed by atoms with Gasteiger partial charge in [0.15, 0.2) is 23.3 Å². The molecule has 8 heteroatoms. The lowest BCUT2D eigenvalue weighted by atomic mass is 10.1. The Morgan fingerprint density at radius 1 is 1.00 bits per heavy atom. The molecule has 1 aliphatic rings. The molecule has 1 fully saturated rings. The van der Waals surface area contributed by atoms with Crippen LogP contribution in [0.4, 0.5) is 22.0 Å². The molecule has 2 rings (SSSR count). The fourth-order valence-corrected chi connectivity index (χ4v) is 2.05. The maximum atomic E-state index is 13.6. The van der Waals surface area contributed by atoms with Gasteiger partial charge >= 0.3 is 5.97 Å². The number of hydrogen-bond donors (Lipinski definition) is 1. The Bertz CT molecular complexity index is 545. The van der Waals surface area contributed by atoms with Crippen molar-refractivity contribution in [3.8, 4) is 0 Å². The molecule has 0 amide bonds. The lowest BCUT2D eigenvalue weighted by Gasteiger charge is -2.21. The molecule has 0 aromatic heterocycles. The van der Waals surface area contributed by atoms with Gasteiger partial charge in [0.25, 0.3) is 0 Å². The molecule has 21 heavy (non-hydrogen) atoms. The first-order valence-corrected chi connectivity index (χ1v) is 6.25. The Kier molecular flexibility index (Phi) is 4.46. The Balaban J connectivity index is 2.28. The van der Waals surface area contributed by atoms with Crippen LogP contribution in [0.1, 0.15) is 18.4 Å². The summed E-state index contributed by atoms with van der Waals surface area (Å²) < 4.78 is 66.2. The summed E-state index contributed by atoms with van der Waals surface area (Å²) in [5.74, 6) is -11.1. The average Bonchev–Trinajstić information content (AvgIpc) is 3.22. The number of rotatable bonds is 6. The standard InChI is InChI=1S/C13H12F5NO2/c14-9-7(10(15)12(17)13(18)11(9)16)4-19(5-8(20)21)3-6-1-2-6/h6H,1-5H2,(H,20,21). The molecule has 0 saturated heterocycles. The molecule has 0 atom stereocenters. The third-order valence-electron chi connectivity index (χ3n) is 3.25. The summed E-state index contributed by atoms with van der Waals surface area (Å²) in [5.41, 5.74) is -1.01. The summed E-state index contributed by atoms with van der Waals surface area (Å²) in [7, 11) is 0. The molecule has 0 unspecified atom stereocenters. The summed E-state index contributed by atoms with van der Waals surface area (Å²) >= 11 is 0. The number of halogens is 5. The largest absolute Gasteiger partial charge is 0.480 e. The smallest absolute Gasteiger partial charge is 0.317 e. The van der Waals surface area contributed by atoms with Crippen LogP contribution in [-0.2, 0) is 11.3 Å². The SMILES string of the molecule is O=C(O)CN(Cc1c(F)c(F)c(F)c(F)c1F)CC1CC1. The van der Waals surface area contributed by atoms with Crippen LogP contribution in [0.2, 0.25) is 0 Å². The van der Waals surface area contributed by atoms with Gasteiger partial charge in [-0.15, -0.1) is 0 Å². The van der Waals surface area contributed by atoms with E-state index in [9.17, 15) is 26.7 Å². The van der Waals surface area contributed by atoms with Gasteiger partial charge in [-0.25, -0.2) is 22.0 Å². The highest BCUT2D eigenvalue weighted by atomic mass is 19.2. The predicted molar refractivity (Wildman–Crippen MR) is 61.9 cm³/mol. The third-order valence-corrected chi connectivity index (χ3v) is 3.25. The van der Waals surface area contributed by atoms with Gasteiger partial charge in [0.2, 0.25) is 5.82 Å². The zero-order valence-electron chi connectivity index (χ0n) is 10.8. The van der Waals surface area contributed by atoms with Crippen molar-refractivity contribution in [3.05, 3.63) is 34.6 Å². The monoisotopic (exact) mass is 309 g/mol. The number of carbonyl (C=O) groups is 1. The number of nitrogens with zero attached hydrogens (tertiary/aromatic N) is 1. The Morgan fingerprint density at radius 3 is 1.90 bits per heavy atom. The van der Waals surface area contributed by atoms with Crippen LogP contribution < -0.4 is 0 Å². The Morgan fingerprint density at radius 2 is 1.48 bits per heavy atom. The van der Waals surface area contributed by atoms with Crippen LogP contribution in [-0.4, -0.2) is 29.1 Å².